The maximum absolute atomic E-state index is 13.7. The average molecular weight is 778 g/mol. The highest BCUT2D eigenvalue weighted by molar-refractivity contribution is 7.98. The van der Waals surface area contributed by atoms with Crippen LogP contribution in [0, 0.1) is 0 Å². The van der Waals surface area contributed by atoms with Crippen molar-refractivity contribution in [2.24, 2.45) is 0 Å². The summed E-state index contributed by atoms with van der Waals surface area (Å²) < 4.78 is 10.8. The third-order valence-corrected chi connectivity index (χ3v) is 8.62. The lowest BCUT2D eigenvalue weighted by molar-refractivity contribution is -0.149. The molecule has 0 fully saturated rings. The molecule has 0 spiro atoms. The second kappa shape index (κ2) is 22.0. The Bertz CT molecular complexity index is 1720. The van der Waals surface area contributed by atoms with Gasteiger partial charge in [0.05, 0.1) is 13.1 Å². The Labute approximate surface area is 326 Å². The van der Waals surface area contributed by atoms with Gasteiger partial charge in [-0.2, -0.15) is 11.8 Å². The SMILES string of the molecule is CSCC[C@H](NC(=O)[C@H](Cc1ccccc1)NC(=O)CN(C)C(=O)CNC(=O)[C@H](Cc1ccc(O)cc1)NC(=O)OC(C)(C)C)C(=O)OCc1ccccc1. The molecule has 0 saturated carbocycles. The molecule has 0 aliphatic heterocycles. The molecule has 0 heterocycles. The first-order chi connectivity index (χ1) is 26.1. The average Bonchev–Trinajstić information content (AvgIpc) is 3.14. The van der Waals surface area contributed by atoms with E-state index < -0.39 is 72.5 Å². The summed E-state index contributed by atoms with van der Waals surface area (Å²) in [5, 5.41) is 20.1. The summed E-state index contributed by atoms with van der Waals surface area (Å²) in [5.74, 6) is -2.55. The highest BCUT2D eigenvalue weighted by Gasteiger charge is 2.29. The van der Waals surface area contributed by atoms with E-state index >= 15 is 0 Å². The number of carbonyl (C=O) groups is 6. The molecule has 3 rings (SSSR count). The van der Waals surface area contributed by atoms with Crippen LogP contribution in [-0.4, -0.2) is 102 Å². The molecule has 0 bridgehead atoms. The first-order valence-corrected chi connectivity index (χ1v) is 19.1. The lowest BCUT2D eigenvalue weighted by Gasteiger charge is -2.25. The molecule has 296 valence electrons. The molecule has 0 radical (unpaired) electrons. The number of ether oxygens (including phenoxy) is 2. The molecule has 0 aliphatic rings. The number of aromatic hydroxyl groups is 1. The van der Waals surface area contributed by atoms with Crippen LogP contribution in [0.3, 0.4) is 0 Å². The minimum atomic E-state index is -1.13. The van der Waals surface area contributed by atoms with Crippen LogP contribution in [-0.2, 0) is 52.9 Å². The van der Waals surface area contributed by atoms with Crippen molar-refractivity contribution in [3.05, 3.63) is 102 Å². The topological polar surface area (TPSA) is 192 Å². The maximum atomic E-state index is 13.7. The molecule has 0 saturated heterocycles. The number of carbonyl (C=O) groups excluding carboxylic acids is 6. The van der Waals surface area contributed by atoms with Crippen LogP contribution in [0.5, 0.6) is 5.75 Å². The normalized spacial score (nSPS) is 12.6. The minimum Gasteiger partial charge on any atom is -0.508 e. The second-order valence-corrected chi connectivity index (χ2v) is 14.8. The number of amides is 5. The number of hydrogen-bond acceptors (Lipinski definition) is 10. The standard InChI is InChI=1S/C40H51N5O9S/c1-40(2,3)54-39(52)44-32(23-28-16-18-30(46)19-17-28)36(49)41-24-35(48)45(4)25-34(47)42-33(22-27-12-8-6-9-13-27)37(50)43-31(20-21-55-5)38(51)53-26-29-14-10-7-11-15-29/h6-19,31-33,46H,20-26H2,1-5H3,(H,41,49)(H,42,47)(H,43,50)(H,44,52)/t31-,32-,33-/m0/s1. The van der Waals surface area contributed by atoms with Crippen LogP contribution in [0.2, 0.25) is 0 Å². The van der Waals surface area contributed by atoms with Gasteiger partial charge >= 0.3 is 12.1 Å². The molecule has 55 heavy (non-hydrogen) atoms. The van der Waals surface area contributed by atoms with Crippen molar-refractivity contribution < 1.29 is 43.3 Å². The van der Waals surface area contributed by atoms with Crippen molar-refractivity contribution in [3.63, 3.8) is 0 Å². The zero-order chi connectivity index (χ0) is 40.4. The Kier molecular flexibility index (Phi) is 17.5. The predicted molar refractivity (Wildman–Crippen MR) is 209 cm³/mol. The summed E-state index contributed by atoms with van der Waals surface area (Å²) in [4.78, 5) is 80.0. The molecule has 3 atom stereocenters. The van der Waals surface area contributed by atoms with Crippen molar-refractivity contribution in [1.82, 2.24) is 26.2 Å². The minimum absolute atomic E-state index is 0.0316. The summed E-state index contributed by atoms with van der Waals surface area (Å²) >= 11 is 1.51. The van der Waals surface area contributed by atoms with Crippen LogP contribution in [0.4, 0.5) is 4.79 Å². The van der Waals surface area contributed by atoms with Gasteiger partial charge in [-0.25, -0.2) is 9.59 Å². The number of nitrogens with zero attached hydrogens (tertiary/aromatic N) is 1. The molecule has 5 N–H and O–H groups in total. The molecule has 3 aromatic carbocycles. The molecule has 0 aliphatic carbocycles. The van der Waals surface area contributed by atoms with Gasteiger partial charge in [-0.3, -0.25) is 19.2 Å². The van der Waals surface area contributed by atoms with E-state index in [9.17, 15) is 33.9 Å². The molecular formula is C40H51N5O9S. The van der Waals surface area contributed by atoms with Gasteiger partial charge in [-0.05, 0) is 68.0 Å². The summed E-state index contributed by atoms with van der Waals surface area (Å²) in [6, 6.07) is 21.1. The smallest absolute Gasteiger partial charge is 0.408 e. The van der Waals surface area contributed by atoms with Crippen LogP contribution >= 0.6 is 11.8 Å². The monoisotopic (exact) mass is 777 g/mol. The fraction of sp³-hybridized carbons (Fsp3) is 0.400. The lowest BCUT2D eigenvalue weighted by Crippen LogP contribution is -2.55. The maximum Gasteiger partial charge on any atom is 0.408 e. The van der Waals surface area contributed by atoms with Gasteiger partial charge < -0.3 is 40.7 Å². The third-order valence-electron chi connectivity index (χ3n) is 7.97. The molecule has 15 heteroatoms. The first-order valence-electron chi connectivity index (χ1n) is 17.8. The van der Waals surface area contributed by atoms with E-state index in [0.29, 0.717) is 17.7 Å². The van der Waals surface area contributed by atoms with Crippen molar-refractivity contribution >= 4 is 47.5 Å². The van der Waals surface area contributed by atoms with Crippen molar-refractivity contribution in [2.75, 3.05) is 32.1 Å². The Hall–Kier alpha value is -5.57. The largest absolute Gasteiger partial charge is 0.508 e. The predicted octanol–water partition coefficient (Wildman–Crippen LogP) is 3.11. The van der Waals surface area contributed by atoms with Gasteiger partial charge in [-0.1, -0.05) is 72.8 Å². The number of likely N-dealkylation sites (N-methyl/N-ethyl adjacent to an activating group) is 1. The Morgan fingerprint density at radius 1 is 0.745 bits per heavy atom. The number of esters is 1. The van der Waals surface area contributed by atoms with Crippen molar-refractivity contribution in [1.29, 1.82) is 0 Å². The van der Waals surface area contributed by atoms with E-state index in [-0.39, 0.29) is 25.2 Å². The fourth-order valence-corrected chi connectivity index (χ4v) is 5.61. The fourth-order valence-electron chi connectivity index (χ4n) is 5.14. The lowest BCUT2D eigenvalue weighted by atomic mass is 10.0. The summed E-state index contributed by atoms with van der Waals surface area (Å²) in [5.41, 5.74) is 1.35. The van der Waals surface area contributed by atoms with Crippen LogP contribution in [0.1, 0.15) is 43.9 Å². The molecule has 3 aromatic rings. The molecule has 0 unspecified atom stereocenters. The Balaban J connectivity index is 1.64. The number of phenols is 1. The number of nitrogens with one attached hydrogen (secondary N) is 4. The molecule has 5 amide bonds. The van der Waals surface area contributed by atoms with Gasteiger partial charge in [0.25, 0.3) is 0 Å². The quantitative estimate of drug-likeness (QED) is 0.113. The van der Waals surface area contributed by atoms with Crippen molar-refractivity contribution in [3.8, 4) is 5.75 Å². The van der Waals surface area contributed by atoms with Gasteiger partial charge in [-0.15, -0.1) is 0 Å². The van der Waals surface area contributed by atoms with E-state index in [4.69, 9.17) is 9.47 Å². The van der Waals surface area contributed by atoms with Crippen LogP contribution in [0.15, 0.2) is 84.9 Å². The highest BCUT2D eigenvalue weighted by Crippen LogP contribution is 2.13. The van der Waals surface area contributed by atoms with E-state index in [1.54, 1.807) is 57.2 Å². The summed E-state index contributed by atoms with van der Waals surface area (Å²) in [6.07, 6.45) is 1.49. The van der Waals surface area contributed by atoms with E-state index in [1.165, 1.54) is 30.9 Å². The number of thioether (sulfide) groups is 1. The van der Waals surface area contributed by atoms with E-state index in [2.05, 4.69) is 21.3 Å². The van der Waals surface area contributed by atoms with Crippen molar-refractivity contribution in [2.45, 2.75) is 70.4 Å². The number of benzene rings is 3. The zero-order valence-corrected chi connectivity index (χ0v) is 32.6. The number of hydrogen-bond donors (Lipinski definition) is 5. The van der Waals surface area contributed by atoms with Gasteiger partial charge in [0.1, 0.15) is 36.1 Å². The van der Waals surface area contributed by atoms with Gasteiger partial charge in [0.2, 0.25) is 23.6 Å². The molecule has 14 nitrogen and oxygen atoms in total. The summed E-state index contributed by atoms with van der Waals surface area (Å²) in [6.45, 7) is 4.12. The zero-order valence-electron chi connectivity index (χ0n) is 31.8. The number of phenolic OH excluding ortho intramolecular Hbond substituents is 1. The van der Waals surface area contributed by atoms with Gasteiger partial charge in [0, 0.05) is 19.9 Å². The molecular weight excluding hydrogens is 727 g/mol. The van der Waals surface area contributed by atoms with E-state index in [0.717, 1.165) is 16.0 Å². The van der Waals surface area contributed by atoms with Crippen LogP contribution < -0.4 is 21.3 Å². The Morgan fingerprint density at radius 2 is 1.31 bits per heavy atom. The highest BCUT2D eigenvalue weighted by atomic mass is 32.2. The molecule has 0 aromatic heterocycles. The summed E-state index contributed by atoms with van der Waals surface area (Å²) in [7, 11) is 1.37. The third kappa shape index (κ3) is 16.5. The van der Waals surface area contributed by atoms with Gasteiger partial charge in [0.15, 0.2) is 0 Å². The number of rotatable bonds is 19. The second-order valence-electron chi connectivity index (χ2n) is 13.8. The number of alkyl carbamates (subject to hydrolysis) is 1. The van der Waals surface area contributed by atoms with E-state index in [1.807, 2.05) is 42.7 Å². The first kappa shape index (κ1) is 43.8. The Morgan fingerprint density at radius 3 is 1.89 bits per heavy atom. The van der Waals surface area contributed by atoms with Crippen LogP contribution in [0.25, 0.3) is 0 Å².